The maximum atomic E-state index is 5.38. The highest BCUT2D eigenvalue weighted by atomic mass is 16.5. The number of fused-ring (bicyclic) bond motifs is 1. The zero-order valence-electron chi connectivity index (χ0n) is 9.30. The molecule has 3 heterocycles. The largest absolute Gasteiger partial charge is 0.381 e. The van der Waals surface area contributed by atoms with Gasteiger partial charge in [0, 0.05) is 25.8 Å². The minimum atomic E-state index is 0.736. The summed E-state index contributed by atoms with van der Waals surface area (Å²) >= 11 is 0. The molecule has 0 saturated carbocycles. The molecule has 0 spiro atoms. The molecule has 3 nitrogen and oxygen atoms in total. The van der Waals surface area contributed by atoms with Crippen LogP contribution in [0.5, 0.6) is 0 Å². The van der Waals surface area contributed by atoms with Gasteiger partial charge in [0.05, 0.1) is 11.7 Å². The maximum absolute atomic E-state index is 5.38. The molecule has 2 aromatic heterocycles. The van der Waals surface area contributed by atoms with Crippen LogP contribution in [0.4, 0.5) is 0 Å². The first kappa shape index (κ1) is 9.85. The molecule has 1 aliphatic heterocycles. The summed E-state index contributed by atoms with van der Waals surface area (Å²) in [4.78, 5) is 4.51. The van der Waals surface area contributed by atoms with Gasteiger partial charge < -0.3 is 9.14 Å². The topological polar surface area (TPSA) is 26.5 Å². The Morgan fingerprint density at radius 1 is 1.31 bits per heavy atom. The van der Waals surface area contributed by atoms with E-state index in [1.54, 1.807) is 0 Å². The zero-order valence-corrected chi connectivity index (χ0v) is 9.30. The van der Waals surface area contributed by atoms with Crippen molar-refractivity contribution in [3.8, 4) is 0 Å². The van der Waals surface area contributed by atoms with E-state index in [9.17, 15) is 0 Å². The summed E-state index contributed by atoms with van der Waals surface area (Å²) in [6.07, 6.45) is 7.46. The second-order valence-electron chi connectivity index (χ2n) is 4.43. The average molecular weight is 216 g/mol. The fourth-order valence-electron chi connectivity index (χ4n) is 2.36. The van der Waals surface area contributed by atoms with Gasteiger partial charge in [0.1, 0.15) is 5.82 Å². The lowest BCUT2D eigenvalue weighted by Gasteiger charge is -2.21. The van der Waals surface area contributed by atoms with Crippen LogP contribution >= 0.6 is 0 Å². The summed E-state index contributed by atoms with van der Waals surface area (Å²) in [6, 6.07) is 6.21. The molecule has 84 valence electrons. The average Bonchev–Trinajstić information content (AvgIpc) is 2.74. The lowest BCUT2D eigenvalue weighted by molar-refractivity contribution is 0.0659. The third-order valence-electron chi connectivity index (χ3n) is 3.33. The minimum Gasteiger partial charge on any atom is -0.381 e. The van der Waals surface area contributed by atoms with Gasteiger partial charge in [-0.15, -0.1) is 0 Å². The number of imidazole rings is 1. The monoisotopic (exact) mass is 216 g/mol. The van der Waals surface area contributed by atoms with Crippen molar-refractivity contribution in [2.24, 2.45) is 5.92 Å². The molecule has 1 aliphatic rings. The van der Waals surface area contributed by atoms with Crippen molar-refractivity contribution in [2.45, 2.75) is 19.3 Å². The SMILES string of the molecule is c1ccn2c(CC3CCOCC3)ncc2c1. The molecule has 1 saturated heterocycles. The van der Waals surface area contributed by atoms with Crippen LogP contribution in [0.25, 0.3) is 5.52 Å². The molecule has 3 heteroatoms. The lowest BCUT2D eigenvalue weighted by atomic mass is 9.96. The number of rotatable bonds is 2. The highest BCUT2D eigenvalue weighted by Crippen LogP contribution is 2.20. The van der Waals surface area contributed by atoms with E-state index in [1.807, 2.05) is 6.20 Å². The lowest BCUT2D eigenvalue weighted by Crippen LogP contribution is -2.18. The summed E-state index contributed by atoms with van der Waals surface area (Å²) in [6.45, 7) is 1.82. The van der Waals surface area contributed by atoms with Crippen LogP contribution < -0.4 is 0 Å². The number of hydrogen-bond donors (Lipinski definition) is 0. The Morgan fingerprint density at radius 3 is 3.06 bits per heavy atom. The van der Waals surface area contributed by atoms with Crippen molar-refractivity contribution in [3.63, 3.8) is 0 Å². The molecule has 3 rings (SSSR count). The Hall–Kier alpha value is -1.35. The van der Waals surface area contributed by atoms with Crippen molar-refractivity contribution < 1.29 is 4.74 Å². The van der Waals surface area contributed by atoms with E-state index in [0.29, 0.717) is 0 Å². The first-order valence-corrected chi connectivity index (χ1v) is 5.92. The van der Waals surface area contributed by atoms with E-state index >= 15 is 0 Å². The Labute approximate surface area is 95.1 Å². The molecule has 0 atom stereocenters. The fourth-order valence-corrected chi connectivity index (χ4v) is 2.36. The van der Waals surface area contributed by atoms with Gasteiger partial charge in [0.25, 0.3) is 0 Å². The Bertz CT molecular complexity index is 471. The molecule has 0 aromatic carbocycles. The van der Waals surface area contributed by atoms with Crippen LogP contribution in [0.3, 0.4) is 0 Å². The fraction of sp³-hybridized carbons (Fsp3) is 0.462. The molecule has 0 amide bonds. The van der Waals surface area contributed by atoms with Crippen LogP contribution in [0.1, 0.15) is 18.7 Å². The molecule has 0 radical (unpaired) electrons. The second-order valence-corrected chi connectivity index (χ2v) is 4.43. The molecule has 0 unspecified atom stereocenters. The van der Waals surface area contributed by atoms with Gasteiger partial charge in [0.15, 0.2) is 0 Å². The van der Waals surface area contributed by atoms with Gasteiger partial charge in [-0.05, 0) is 30.9 Å². The van der Waals surface area contributed by atoms with E-state index in [0.717, 1.165) is 25.6 Å². The third kappa shape index (κ3) is 1.83. The van der Waals surface area contributed by atoms with Crippen LogP contribution in [0.15, 0.2) is 30.6 Å². The Kier molecular flexibility index (Phi) is 2.62. The molecule has 0 N–H and O–H groups in total. The number of pyridine rings is 1. The zero-order chi connectivity index (χ0) is 10.8. The normalized spacial score (nSPS) is 18.0. The van der Waals surface area contributed by atoms with E-state index in [2.05, 4.69) is 33.8 Å². The van der Waals surface area contributed by atoms with Crippen LogP contribution in [-0.2, 0) is 11.2 Å². The van der Waals surface area contributed by atoms with E-state index < -0.39 is 0 Å². The number of hydrogen-bond acceptors (Lipinski definition) is 2. The van der Waals surface area contributed by atoms with Gasteiger partial charge in [-0.2, -0.15) is 0 Å². The number of ether oxygens (including phenoxy) is 1. The second kappa shape index (κ2) is 4.26. The first-order valence-electron chi connectivity index (χ1n) is 5.92. The van der Waals surface area contributed by atoms with Gasteiger partial charge in [-0.25, -0.2) is 4.98 Å². The van der Waals surface area contributed by atoms with E-state index in [4.69, 9.17) is 4.74 Å². The molecule has 16 heavy (non-hydrogen) atoms. The van der Waals surface area contributed by atoms with Gasteiger partial charge >= 0.3 is 0 Å². The van der Waals surface area contributed by atoms with E-state index in [-0.39, 0.29) is 0 Å². The minimum absolute atomic E-state index is 0.736. The van der Waals surface area contributed by atoms with Crippen molar-refractivity contribution in [1.82, 2.24) is 9.38 Å². The molecule has 0 aliphatic carbocycles. The van der Waals surface area contributed by atoms with Crippen LogP contribution in [-0.4, -0.2) is 22.6 Å². The smallest absolute Gasteiger partial charge is 0.113 e. The summed E-state index contributed by atoms with van der Waals surface area (Å²) in [5, 5.41) is 0. The van der Waals surface area contributed by atoms with Crippen molar-refractivity contribution in [2.75, 3.05) is 13.2 Å². The van der Waals surface area contributed by atoms with Crippen LogP contribution in [0, 0.1) is 5.92 Å². The molecule has 1 fully saturated rings. The molecular weight excluding hydrogens is 200 g/mol. The van der Waals surface area contributed by atoms with Gasteiger partial charge in [0.2, 0.25) is 0 Å². The van der Waals surface area contributed by atoms with Gasteiger partial charge in [-0.3, -0.25) is 0 Å². The third-order valence-corrected chi connectivity index (χ3v) is 3.33. The van der Waals surface area contributed by atoms with Crippen molar-refractivity contribution in [3.05, 3.63) is 36.4 Å². The molecular formula is C13H16N2O. The maximum Gasteiger partial charge on any atom is 0.113 e. The highest BCUT2D eigenvalue weighted by Gasteiger charge is 2.16. The Morgan fingerprint density at radius 2 is 2.19 bits per heavy atom. The first-order chi connectivity index (χ1) is 7.93. The summed E-state index contributed by atoms with van der Waals surface area (Å²) in [7, 11) is 0. The summed E-state index contributed by atoms with van der Waals surface area (Å²) < 4.78 is 7.57. The van der Waals surface area contributed by atoms with Gasteiger partial charge in [-0.1, -0.05) is 6.07 Å². The summed E-state index contributed by atoms with van der Waals surface area (Å²) in [5.74, 6) is 1.92. The number of aromatic nitrogens is 2. The highest BCUT2D eigenvalue weighted by molar-refractivity contribution is 5.45. The van der Waals surface area contributed by atoms with Crippen molar-refractivity contribution in [1.29, 1.82) is 0 Å². The van der Waals surface area contributed by atoms with Crippen molar-refractivity contribution >= 4 is 5.52 Å². The summed E-state index contributed by atoms with van der Waals surface area (Å²) in [5.41, 5.74) is 1.18. The predicted octanol–water partition coefficient (Wildman–Crippen LogP) is 2.30. The van der Waals surface area contributed by atoms with E-state index in [1.165, 1.54) is 24.2 Å². The predicted molar refractivity (Wildman–Crippen MR) is 62.4 cm³/mol. The molecule has 0 bridgehead atoms. The number of nitrogens with zero attached hydrogens (tertiary/aromatic N) is 2. The standard InChI is InChI=1S/C13H16N2O/c1-2-6-15-12(3-1)10-14-13(15)9-11-4-7-16-8-5-11/h1-3,6,10-11H,4-5,7-9H2. The Balaban J connectivity index is 1.83. The quantitative estimate of drug-likeness (QED) is 0.770. The van der Waals surface area contributed by atoms with Crippen LogP contribution in [0.2, 0.25) is 0 Å². The molecule has 2 aromatic rings.